The van der Waals surface area contributed by atoms with Gasteiger partial charge in [-0.2, -0.15) is 0 Å². The van der Waals surface area contributed by atoms with E-state index in [1.165, 1.54) is 17.8 Å². The molecule has 1 aliphatic carbocycles. The van der Waals surface area contributed by atoms with Crippen LogP contribution in [0.3, 0.4) is 0 Å². The number of rotatable bonds is 9. The van der Waals surface area contributed by atoms with Crippen LogP contribution in [-0.4, -0.2) is 44.4 Å². The molecule has 0 atom stereocenters. The molecule has 1 fully saturated rings. The number of benzene rings is 1. The SMILES string of the molecule is CC(C)CN(CC(C)C)C(=O)CSc1nnc(-c2ccccc2F)n1C1CC1. The number of amides is 1. The van der Waals surface area contributed by atoms with E-state index in [9.17, 15) is 9.18 Å². The summed E-state index contributed by atoms with van der Waals surface area (Å²) in [5.41, 5.74) is 0.460. The molecule has 1 heterocycles. The van der Waals surface area contributed by atoms with Crippen molar-refractivity contribution in [3.05, 3.63) is 30.1 Å². The van der Waals surface area contributed by atoms with Gasteiger partial charge in [0, 0.05) is 19.1 Å². The topological polar surface area (TPSA) is 51.0 Å². The fraction of sp³-hybridized carbons (Fsp3) is 0.571. The first-order valence-electron chi connectivity index (χ1n) is 9.97. The fourth-order valence-corrected chi connectivity index (χ4v) is 4.15. The Morgan fingerprint density at radius 3 is 2.39 bits per heavy atom. The van der Waals surface area contributed by atoms with Crippen LogP contribution in [-0.2, 0) is 4.79 Å². The van der Waals surface area contributed by atoms with E-state index in [1.54, 1.807) is 18.2 Å². The Hall–Kier alpha value is -1.89. The zero-order valence-electron chi connectivity index (χ0n) is 17.1. The predicted molar refractivity (Wildman–Crippen MR) is 111 cm³/mol. The Bertz CT molecular complexity index is 806. The van der Waals surface area contributed by atoms with Gasteiger partial charge in [0.15, 0.2) is 11.0 Å². The first kappa shape index (κ1) is 20.8. The molecule has 0 N–H and O–H groups in total. The minimum absolute atomic E-state index is 0.116. The smallest absolute Gasteiger partial charge is 0.233 e. The van der Waals surface area contributed by atoms with Crippen molar-refractivity contribution in [1.82, 2.24) is 19.7 Å². The van der Waals surface area contributed by atoms with Gasteiger partial charge in [-0.15, -0.1) is 10.2 Å². The van der Waals surface area contributed by atoms with Crippen molar-refractivity contribution in [3.63, 3.8) is 0 Å². The molecular weight excluding hydrogens is 375 g/mol. The maximum Gasteiger partial charge on any atom is 0.233 e. The van der Waals surface area contributed by atoms with Crippen LogP contribution in [0, 0.1) is 17.7 Å². The highest BCUT2D eigenvalue weighted by Crippen LogP contribution is 2.41. The average molecular weight is 405 g/mol. The van der Waals surface area contributed by atoms with E-state index in [1.807, 2.05) is 9.47 Å². The van der Waals surface area contributed by atoms with E-state index in [-0.39, 0.29) is 11.7 Å². The van der Waals surface area contributed by atoms with E-state index in [0.717, 1.165) is 25.9 Å². The normalized spacial score (nSPS) is 14.1. The summed E-state index contributed by atoms with van der Waals surface area (Å²) in [7, 11) is 0. The molecule has 0 unspecified atom stereocenters. The molecule has 0 saturated heterocycles. The lowest BCUT2D eigenvalue weighted by Crippen LogP contribution is -2.38. The first-order chi connectivity index (χ1) is 13.4. The molecule has 1 aromatic heterocycles. The molecule has 3 rings (SSSR count). The second kappa shape index (κ2) is 9.07. The van der Waals surface area contributed by atoms with Crippen LogP contribution in [0.15, 0.2) is 29.4 Å². The summed E-state index contributed by atoms with van der Waals surface area (Å²) >= 11 is 1.40. The number of nitrogens with zero attached hydrogens (tertiary/aromatic N) is 4. The van der Waals surface area contributed by atoms with Gasteiger partial charge in [-0.25, -0.2) is 4.39 Å². The minimum Gasteiger partial charge on any atom is -0.341 e. The Kier molecular flexibility index (Phi) is 6.75. The molecule has 1 saturated carbocycles. The van der Waals surface area contributed by atoms with Crippen molar-refractivity contribution >= 4 is 17.7 Å². The zero-order chi connectivity index (χ0) is 20.3. The zero-order valence-corrected chi connectivity index (χ0v) is 17.9. The number of thioether (sulfide) groups is 1. The Morgan fingerprint density at radius 2 is 1.82 bits per heavy atom. The lowest BCUT2D eigenvalue weighted by Gasteiger charge is -2.26. The predicted octanol–water partition coefficient (Wildman–Crippen LogP) is 4.65. The molecule has 2 aromatic rings. The maximum absolute atomic E-state index is 14.3. The minimum atomic E-state index is -0.301. The van der Waals surface area contributed by atoms with Gasteiger partial charge in [-0.1, -0.05) is 51.6 Å². The number of hydrogen-bond acceptors (Lipinski definition) is 4. The van der Waals surface area contributed by atoms with Crippen LogP contribution in [0.25, 0.3) is 11.4 Å². The molecule has 1 aliphatic rings. The standard InChI is InChI=1S/C21H29FN4OS/c1-14(2)11-25(12-15(3)4)19(27)13-28-21-24-23-20(26(21)16-9-10-16)17-7-5-6-8-18(17)22/h5-8,14-16H,9-13H2,1-4H3. The number of hydrogen-bond donors (Lipinski definition) is 0. The summed E-state index contributed by atoms with van der Waals surface area (Å²) in [6.07, 6.45) is 2.07. The summed E-state index contributed by atoms with van der Waals surface area (Å²) in [4.78, 5) is 14.7. The van der Waals surface area contributed by atoms with Gasteiger partial charge < -0.3 is 4.90 Å². The lowest BCUT2D eigenvalue weighted by atomic mass is 10.1. The Balaban J connectivity index is 1.76. The number of halogens is 1. The fourth-order valence-electron chi connectivity index (χ4n) is 3.24. The average Bonchev–Trinajstić information content (AvgIpc) is 3.38. The Labute approximate surface area is 170 Å². The van der Waals surface area contributed by atoms with Gasteiger partial charge in [-0.3, -0.25) is 9.36 Å². The van der Waals surface area contributed by atoms with E-state index >= 15 is 0 Å². The van der Waals surface area contributed by atoms with E-state index in [0.29, 0.717) is 40.2 Å². The van der Waals surface area contributed by atoms with Crippen LogP contribution in [0.5, 0.6) is 0 Å². The highest BCUT2D eigenvalue weighted by atomic mass is 32.2. The summed E-state index contributed by atoms with van der Waals surface area (Å²) in [6.45, 7) is 10.0. The second-order valence-electron chi connectivity index (χ2n) is 8.26. The van der Waals surface area contributed by atoms with Crippen LogP contribution in [0.4, 0.5) is 4.39 Å². The van der Waals surface area contributed by atoms with Crippen molar-refractivity contribution in [2.24, 2.45) is 11.8 Å². The molecule has 152 valence electrons. The summed E-state index contributed by atoms with van der Waals surface area (Å²) in [5, 5.41) is 9.24. The van der Waals surface area contributed by atoms with Crippen LogP contribution < -0.4 is 0 Å². The molecular formula is C21H29FN4OS. The molecule has 1 aromatic carbocycles. The van der Waals surface area contributed by atoms with Crippen molar-refractivity contribution in [2.45, 2.75) is 51.7 Å². The quantitative estimate of drug-likeness (QED) is 0.571. The molecule has 0 radical (unpaired) electrons. The van der Waals surface area contributed by atoms with Gasteiger partial charge in [0.2, 0.25) is 5.91 Å². The van der Waals surface area contributed by atoms with Crippen molar-refractivity contribution in [1.29, 1.82) is 0 Å². The maximum atomic E-state index is 14.3. The molecule has 0 bridgehead atoms. The van der Waals surface area contributed by atoms with Gasteiger partial charge in [0.25, 0.3) is 0 Å². The molecule has 0 aliphatic heterocycles. The van der Waals surface area contributed by atoms with Crippen LogP contribution >= 0.6 is 11.8 Å². The summed E-state index contributed by atoms with van der Waals surface area (Å²) < 4.78 is 16.3. The summed E-state index contributed by atoms with van der Waals surface area (Å²) in [6, 6.07) is 6.93. The van der Waals surface area contributed by atoms with E-state index in [4.69, 9.17) is 0 Å². The third-order valence-electron chi connectivity index (χ3n) is 4.54. The van der Waals surface area contributed by atoms with E-state index < -0.39 is 0 Å². The van der Waals surface area contributed by atoms with Gasteiger partial charge in [0.1, 0.15) is 5.82 Å². The molecule has 7 heteroatoms. The number of aromatic nitrogens is 3. The van der Waals surface area contributed by atoms with Crippen LogP contribution in [0.2, 0.25) is 0 Å². The largest absolute Gasteiger partial charge is 0.341 e. The second-order valence-corrected chi connectivity index (χ2v) is 9.20. The highest BCUT2D eigenvalue weighted by Gasteiger charge is 2.31. The summed E-state index contributed by atoms with van der Waals surface area (Å²) in [5.74, 6) is 1.54. The molecule has 0 spiro atoms. The lowest BCUT2D eigenvalue weighted by molar-refractivity contribution is -0.129. The molecule has 28 heavy (non-hydrogen) atoms. The number of carbonyl (C=O) groups is 1. The van der Waals surface area contributed by atoms with Gasteiger partial charge in [-0.05, 0) is 36.8 Å². The van der Waals surface area contributed by atoms with Crippen LogP contribution in [0.1, 0.15) is 46.6 Å². The first-order valence-corrected chi connectivity index (χ1v) is 11.0. The van der Waals surface area contributed by atoms with Crippen molar-refractivity contribution < 1.29 is 9.18 Å². The third kappa shape index (κ3) is 5.13. The van der Waals surface area contributed by atoms with Gasteiger partial charge >= 0.3 is 0 Å². The number of carbonyl (C=O) groups excluding carboxylic acids is 1. The Morgan fingerprint density at radius 1 is 1.18 bits per heavy atom. The molecule has 1 amide bonds. The monoisotopic (exact) mass is 404 g/mol. The third-order valence-corrected chi connectivity index (χ3v) is 5.47. The van der Waals surface area contributed by atoms with Gasteiger partial charge in [0.05, 0.1) is 11.3 Å². The van der Waals surface area contributed by atoms with E-state index in [2.05, 4.69) is 37.9 Å². The molecule has 5 nitrogen and oxygen atoms in total. The highest BCUT2D eigenvalue weighted by molar-refractivity contribution is 7.99. The van der Waals surface area contributed by atoms with Crippen molar-refractivity contribution in [2.75, 3.05) is 18.8 Å². The van der Waals surface area contributed by atoms with Crippen molar-refractivity contribution in [3.8, 4) is 11.4 Å².